The van der Waals surface area contributed by atoms with Gasteiger partial charge in [0, 0.05) is 6.61 Å². The third-order valence-electron chi connectivity index (χ3n) is 1.55. The first-order valence-corrected chi connectivity index (χ1v) is 3.59. The highest BCUT2D eigenvalue weighted by atomic mass is 16.6. The summed E-state index contributed by atoms with van der Waals surface area (Å²) in [5.41, 5.74) is 0. The maximum Gasteiger partial charge on any atom is 0.331 e. The summed E-state index contributed by atoms with van der Waals surface area (Å²) in [5.74, 6) is -0.336. The fraction of sp³-hybridized carbons (Fsp3) is 0.857. The molecular formula is C7H12O4. The molecule has 0 saturated carbocycles. The predicted molar refractivity (Wildman–Crippen MR) is 37.2 cm³/mol. The fourth-order valence-corrected chi connectivity index (χ4v) is 0.889. The first kappa shape index (κ1) is 8.49. The van der Waals surface area contributed by atoms with Crippen molar-refractivity contribution in [3.63, 3.8) is 0 Å². The summed E-state index contributed by atoms with van der Waals surface area (Å²) < 4.78 is 14.6. The minimum Gasteiger partial charge on any atom is -0.467 e. The fourth-order valence-electron chi connectivity index (χ4n) is 0.889. The molecule has 64 valence electrons. The Bertz CT molecular complexity index is 128. The molecule has 1 aliphatic rings. The van der Waals surface area contributed by atoms with E-state index in [0.29, 0.717) is 6.61 Å². The number of hydrogen-bond acceptors (Lipinski definition) is 4. The molecule has 1 fully saturated rings. The molecule has 4 nitrogen and oxygen atoms in total. The van der Waals surface area contributed by atoms with Gasteiger partial charge in [-0.2, -0.15) is 0 Å². The van der Waals surface area contributed by atoms with E-state index in [0.717, 1.165) is 13.0 Å². The highest BCUT2D eigenvalue weighted by molar-refractivity contribution is 5.70. The van der Waals surface area contributed by atoms with Gasteiger partial charge in [0.1, 0.15) is 6.61 Å². The maximum atomic E-state index is 10.6. The van der Waals surface area contributed by atoms with Gasteiger partial charge in [-0.25, -0.2) is 4.79 Å². The van der Waals surface area contributed by atoms with Gasteiger partial charge in [-0.05, 0) is 6.42 Å². The standard InChI is InChI=1S/C7H12O4/c1-9-7(8)5-11-6-2-3-10-4-6/h6H,2-5H2,1H3. The van der Waals surface area contributed by atoms with Crippen molar-refractivity contribution >= 4 is 5.97 Å². The Kier molecular flexibility index (Phi) is 3.32. The zero-order chi connectivity index (χ0) is 8.10. The van der Waals surface area contributed by atoms with Crippen LogP contribution < -0.4 is 0 Å². The number of carbonyl (C=O) groups is 1. The van der Waals surface area contributed by atoms with Crippen LogP contribution >= 0.6 is 0 Å². The normalized spacial score (nSPS) is 23.5. The van der Waals surface area contributed by atoms with E-state index in [4.69, 9.17) is 9.47 Å². The molecule has 0 aromatic rings. The van der Waals surface area contributed by atoms with Crippen molar-refractivity contribution in [3.05, 3.63) is 0 Å². The summed E-state index contributed by atoms with van der Waals surface area (Å²) >= 11 is 0. The van der Waals surface area contributed by atoms with Gasteiger partial charge >= 0.3 is 5.97 Å². The Morgan fingerprint density at radius 2 is 2.55 bits per heavy atom. The van der Waals surface area contributed by atoms with Crippen molar-refractivity contribution in [2.45, 2.75) is 12.5 Å². The van der Waals surface area contributed by atoms with Gasteiger partial charge in [0.05, 0.1) is 19.8 Å². The molecule has 0 amide bonds. The molecule has 4 heteroatoms. The highest BCUT2D eigenvalue weighted by Gasteiger charge is 2.16. The quantitative estimate of drug-likeness (QED) is 0.543. The van der Waals surface area contributed by atoms with Crippen LogP contribution in [0.25, 0.3) is 0 Å². The molecule has 0 N–H and O–H groups in total. The molecular weight excluding hydrogens is 148 g/mol. The average Bonchev–Trinajstić information content (AvgIpc) is 2.52. The summed E-state index contributed by atoms with van der Waals surface area (Å²) in [6.45, 7) is 1.35. The second kappa shape index (κ2) is 4.31. The average molecular weight is 160 g/mol. The van der Waals surface area contributed by atoms with E-state index in [1.54, 1.807) is 0 Å². The largest absolute Gasteiger partial charge is 0.467 e. The van der Waals surface area contributed by atoms with Crippen LogP contribution in [0.3, 0.4) is 0 Å². The molecule has 1 atom stereocenters. The summed E-state index contributed by atoms with van der Waals surface area (Å²) in [5, 5.41) is 0. The minimum absolute atomic E-state index is 0.0323. The molecule has 1 unspecified atom stereocenters. The molecule has 0 aromatic heterocycles. The monoisotopic (exact) mass is 160 g/mol. The zero-order valence-electron chi connectivity index (χ0n) is 6.54. The van der Waals surface area contributed by atoms with Crippen molar-refractivity contribution < 1.29 is 19.0 Å². The molecule has 0 spiro atoms. The van der Waals surface area contributed by atoms with Gasteiger partial charge in [0.2, 0.25) is 0 Å². The van der Waals surface area contributed by atoms with Crippen LogP contribution in [-0.4, -0.2) is 39.0 Å². The Morgan fingerprint density at radius 1 is 1.73 bits per heavy atom. The Morgan fingerprint density at radius 3 is 3.09 bits per heavy atom. The Labute approximate surface area is 65.4 Å². The van der Waals surface area contributed by atoms with Gasteiger partial charge in [-0.1, -0.05) is 0 Å². The Hall–Kier alpha value is -0.610. The lowest BCUT2D eigenvalue weighted by Gasteiger charge is -2.07. The maximum absolute atomic E-state index is 10.6. The second-order valence-corrected chi connectivity index (χ2v) is 2.37. The lowest BCUT2D eigenvalue weighted by Crippen LogP contribution is -2.19. The van der Waals surface area contributed by atoms with E-state index >= 15 is 0 Å². The van der Waals surface area contributed by atoms with Gasteiger partial charge in [0.25, 0.3) is 0 Å². The van der Waals surface area contributed by atoms with Crippen LogP contribution in [0.4, 0.5) is 0 Å². The molecule has 1 heterocycles. The van der Waals surface area contributed by atoms with E-state index in [1.165, 1.54) is 7.11 Å². The van der Waals surface area contributed by atoms with Crippen LogP contribution in [0, 0.1) is 0 Å². The number of ether oxygens (including phenoxy) is 3. The number of esters is 1. The van der Waals surface area contributed by atoms with Crippen LogP contribution in [0.1, 0.15) is 6.42 Å². The van der Waals surface area contributed by atoms with Gasteiger partial charge in [-0.3, -0.25) is 0 Å². The molecule has 0 radical (unpaired) electrons. The molecule has 0 aromatic carbocycles. The van der Waals surface area contributed by atoms with E-state index < -0.39 is 0 Å². The predicted octanol–water partition coefficient (Wildman–Crippen LogP) is -0.0351. The SMILES string of the molecule is COC(=O)COC1CCOC1. The van der Waals surface area contributed by atoms with Crippen molar-refractivity contribution in [3.8, 4) is 0 Å². The van der Waals surface area contributed by atoms with Crippen LogP contribution in [-0.2, 0) is 19.0 Å². The first-order valence-electron chi connectivity index (χ1n) is 3.59. The second-order valence-electron chi connectivity index (χ2n) is 2.37. The third kappa shape index (κ3) is 2.86. The summed E-state index contributed by atoms with van der Waals surface area (Å²) in [7, 11) is 1.34. The Balaban J connectivity index is 2.06. The zero-order valence-corrected chi connectivity index (χ0v) is 6.54. The van der Waals surface area contributed by atoms with Gasteiger partial charge in [-0.15, -0.1) is 0 Å². The topological polar surface area (TPSA) is 44.8 Å². The number of hydrogen-bond donors (Lipinski definition) is 0. The summed E-state index contributed by atoms with van der Waals surface area (Å²) in [6.07, 6.45) is 0.950. The van der Waals surface area contributed by atoms with Crippen molar-refractivity contribution in [1.82, 2.24) is 0 Å². The first-order chi connectivity index (χ1) is 5.33. The molecule has 11 heavy (non-hydrogen) atoms. The number of carbonyl (C=O) groups excluding carboxylic acids is 1. The van der Waals surface area contributed by atoms with Crippen LogP contribution in [0.5, 0.6) is 0 Å². The third-order valence-corrected chi connectivity index (χ3v) is 1.55. The van der Waals surface area contributed by atoms with Crippen molar-refractivity contribution in [2.24, 2.45) is 0 Å². The number of methoxy groups -OCH3 is 1. The molecule has 0 bridgehead atoms. The lowest BCUT2D eigenvalue weighted by atomic mass is 10.3. The summed E-state index contributed by atoms with van der Waals surface area (Å²) in [6, 6.07) is 0. The minimum atomic E-state index is -0.336. The highest BCUT2D eigenvalue weighted by Crippen LogP contribution is 2.07. The summed E-state index contributed by atoms with van der Waals surface area (Å²) in [4.78, 5) is 10.6. The smallest absolute Gasteiger partial charge is 0.331 e. The van der Waals surface area contributed by atoms with Crippen molar-refractivity contribution in [2.75, 3.05) is 26.9 Å². The van der Waals surface area contributed by atoms with Crippen LogP contribution in [0.2, 0.25) is 0 Å². The molecule has 0 aliphatic carbocycles. The number of rotatable bonds is 3. The van der Waals surface area contributed by atoms with Gasteiger partial charge in [0.15, 0.2) is 0 Å². The molecule has 1 aliphatic heterocycles. The van der Waals surface area contributed by atoms with E-state index in [9.17, 15) is 4.79 Å². The van der Waals surface area contributed by atoms with Crippen LogP contribution in [0.15, 0.2) is 0 Å². The van der Waals surface area contributed by atoms with Crippen molar-refractivity contribution in [1.29, 1.82) is 0 Å². The molecule has 1 saturated heterocycles. The van der Waals surface area contributed by atoms with Gasteiger partial charge < -0.3 is 14.2 Å². The molecule has 1 rings (SSSR count). The van der Waals surface area contributed by atoms with E-state index in [2.05, 4.69) is 4.74 Å². The van der Waals surface area contributed by atoms with E-state index in [-0.39, 0.29) is 18.7 Å². The lowest BCUT2D eigenvalue weighted by molar-refractivity contribution is -0.147. The van der Waals surface area contributed by atoms with E-state index in [1.807, 2.05) is 0 Å².